The molecule has 2 atom stereocenters. The fourth-order valence-corrected chi connectivity index (χ4v) is 3.88. The first-order chi connectivity index (χ1) is 13.8. The molecule has 0 saturated carbocycles. The van der Waals surface area contributed by atoms with Crippen LogP contribution in [0.2, 0.25) is 0 Å². The average Bonchev–Trinajstić information content (AvgIpc) is 3.37. The van der Waals surface area contributed by atoms with Gasteiger partial charge in [0.15, 0.2) is 5.82 Å². The molecule has 0 spiro atoms. The summed E-state index contributed by atoms with van der Waals surface area (Å²) >= 11 is 0. The number of hydrogen-bond acceptors (Lipinski definition) is 5. The van der Waals surface area contributed by atoms with E-state index in [1.807, 2.05) is 42.5 Å². The van der Waals surface area contributed by atoms with Crippen LogP contribution >= 0.6 is 0 Å². The zero-order valence-corrected chi connectivity index (χ0v) is 15.1. The molecule has 28 heavy (non-hydrogen) atoms. The molecule has 1 aromatic carbocycles. The molecule has 0 aliphatic carbocycles. The number of fused-ring (bicyclic) bond motifs is 2. The third-order valence-electron chi connectivity index (χ3n) is 5.13. The Labute approximate surface area is 162 Å². The van der Waals surface area contributed by atoms with E-state index in [-0.39, 0.29) is 18.1 Å². The van der Waals surface area contributed by atoms with Crippen molar-refractivity contribution in [2.24, 2.45) is 0 Å². The van der Waals surface area contributed by atoms with Crippen LogP contribution in [0.25, 0.3) is 17.0 Å². The van der Waals surface area contributed by atoms with Crippen molar-refractivity contribution in [3.63, 3.8) is 0 Å². The van der Waals surface area contributed by atoms with Gasteiger partial charge >= 0.3 is 0 Å². The van der Waals surface area contributed by atoms with Crippen LogP contribution in [0.5, 0.6) is 0 Å². The molecule has 2 aliphatic rings. The first-order valence-corrected chi connectivity index (χ1v) is 9.28. The zero-order valence-electron chi connectivity index (χ0n) is 15.1. The summed E-state index contributed by atoms with van der Waals surface area (Å²) in [6.07, 6.45) is 8.36. The van der Waals surface area contributed by atoms with E-state index < -0.39 is 0 Å². The Hall–Kier alpha value is -3.38. The molecule has 138 valence electrons. The molecule has 4 heterocycles. The number of ether oxygens (including phenoxy) is 1. The predicted molar refractivity (Wildman–Crippen MR) is 105 cm³/mol. The Morgan fingerprint density at radius 2 is 1.64 bits per heavy atom. The quantitative estimate of drug-likeness (QED) is 0.761. The number of nitrogens with one attached hydrogen (secondary N) is 1. The minimum Gasteiger partial charge on any atom is -0.365 e. The minimum atomic E-state index is -0.157. The number of carbonyl (C=O) groups excluding carboxylic acids is 1. The first-order valence-electron chi connectivity index (χ1n) is 9.28. The van der Waals surface area contributed by atoms with Crippen LogP contribution in [-0.2, 0) is 9.53 Å². The van der Waals surface area contributed by atoms with Gasteiger partial charge in [-0.3, -0.25) is 9.78 Å². The van der Waals surface area contributed by atoms with Crippen LogP contribution in [0, 0.1) is 0 Å². The molecule has 0 unspecified atom stereocenters. The standard InChI is InChI=1S/C22H18N4O2/c27-22(26-16-12-24-21(25-13-16)15-4-2-1-3-5-15)20-18-7-6-17(28-18)19(20)14-8-10-23-11-9-14/h1-5,8-13,17-18H,6-7H2,(H,26,27)/t17-,18-/m0/s1. The van der Waals surface area contributed by atoms with Gasteiger partial charge in [0, 0.05) is 18.0 Å². The van der Waals surface area contributed by atoms with Gasteiger partial charge in [0.25, 0.3) is 5.91 Å². The van der Waals surface area contributed by atoms with E-state index in [4.69, 9.17) is 4.74 Å². The normalized spacial score (nSPS) is 20.4. The van der Waals surface area contributed by atoms with Gasteiger partial charge in [-0.15, -0.1) is 0 Å². The number of rotatable bonds is 4. The van der Waals surface area contributed by atoms with Crippen molar-refractivity contribution in [1.82, 2.24) is 15.0 Å². The fourth-order valence-electron chi connectivity index (χ4n) is 3.88. The number of amides is 1. The van der Waals surface area contributed by atoms with Crippen LogP contribution < -0.4 is 5.32 Å². The summed E-state index contributed by atoms with van der Waals surface area (Å²) < 4.78 is 6.00. The van der Waals surface area contributed by atoms with Crippen molar-refractivity contribution in [3.8, 4) is 11.4 Å². The molecule has 3 aromatic rings. The van der Waals surface area contributed by atoms with Crippen molar-refractivity contribution in [2.45, 2.75) is 25.0 Å². The van der Waals surface area contributed by atoms with Gasteiger partial charge in [0.2, 0.25) is 0 Å². The van der Waals surface area contributed by atoms with Crippen LogP contribution in [0.4, 0.5) is 5.69 Å². The molecule has 6 nitrogen and oxygen atoms in total. The van der Waals surface area contributed by atoms with Crippen molar-refractivity contribution in [2.75, 3.05) is 5.32 Å². The second kappa shape index (κ2) is 6.98. The number of benzene rings is 1. The summed E-state index contributed by atoms with van der Waals surface area (Å²) in [6, 6.07) is 13.6. The maximum atomic E-state index is 13.0. The molecule has 1 amide bonds. The Balaban J connectivity index is 1.41. The fraction of sp³-hybridized carbons (Fsp3) is 0.182. The van der Waals surface area contributed by atoms with Gasteiger partial charge in [-0.1, -0.05) is 30.3 Å². The third kappa shape index (κ3) is 2.97. The smallest absolute Gasteiger partial charge is 0.254 e. The summed E-state index contributed by atoms with van der Waals surface area (Å²) in [5.41, 5.74) is 4.16. The van der Waals surface area contributed by atoms with Crippen molar-refractivity contribution < 1.29 is 9.53 Å². The van der Waals surface area contributed by atoms with Gasteiger partial charge in [0.05, 0.1) is 35.9 Å². The summed E-state index contributed by atoms with van der Waals surface area (Å²) in [6.45, 7) is 0. The number of hydrogen-bond donors (Lipinski definition) is 1. The lowest BCUT2D eigenvalue weighted by Crippen LogP contribution is -2.23. The monoisotopic (exact) mass is 370 g/mol. The molecular formula is C22H18N4O2. The number of nitrogens with zero attached hydrogens (tertiary/aromatic N) is 3. The van der Waals surface area contributed by atoms with Crippen LogP contribution in [0.1, 0.15) is 18.4 Å². The summed E-state index contributed by atoms with van der Waals surface area (Å²) in [5, 5.41) is 2.93. The van der Waals surface area contributed by atoms with Crippen LogP contribution in [-0.4, -0.2) is 33.1 Å². The van der Waals surface area contributed by atoms with Gasteiger partial charge in [0.1, 0.15) is 0 Å². The molecule has 1 saturated heterocycles. The van der Waals surface area contributed by atoms with Crippen LogP contribution in [0.15, 0.2) is 72.8 Å². The summed E-state index contributed by atoms with van der Waals surface area (Å²) in [5.74, 6) is 0.466. The highest BCUT2D eigenvalue weighted by molar-refractivity contribution is 6.11. The molecule has 6 heteroatoms. The highest BCUT2D eigenvalue weighted by Crippen LogP contribution is 2.44. The van der Waals surface area contributed by atoms with Gasteiger partial charge < -0.3 is 10.1 Å². The molecule has 5 rings (SSSR count). The van der Waals surface area contributed by atoms with Crippen molar-refractivity contribution in [1.29, 1.82) is 0 Å². The predicted octanol–water partition coefficient (Wildman–Crippen LogP) is 3.49. The lowest BCUT2D eigenvalue weighted by Gasteiger charge is -2.16. The molecular weight excluding hydrogens is 352 g/mol. The molecule has 2 bridgehead atoms. The van der Waals surface area contributed by atoms with E-state index in [1.165, 1.54) is 0 Å². The number of carbonyl (C=O) groups is 1. The minimum absolute atomic E-state index is 0.0233. The SMILES string of the molecule is O=C(Nc1cnc(-c2ccccc2)nc1)C1=C(c2ccncc2)[C@@H]2CC[C@@H]1O2. The summed E-state index contributed by atoms with van der Waals surface area (Å²) in [4.78, 5) is 25.8. The van der Waals surface area contributed by atoms with E-state index in [0.717, 1.165) is 29.5 Å². The number of pyridine rings is 1. The van der Waals surface area contributed by atoms with Gasteiger partial charge in [-0.2, -0.15) is 0 Å². The van der Waals surface area contributed by atoms with Gasteiger partial charge in [-0.25, -0.2) is 9.97 Å². The Morgan fingerprint density at radius 3 is 2.39 bits per heavy atom. The Bertz CT molecular complexity index is 1030. The van der Waals surface area contributed by atoms with E-state index in [1.54, 1.807) is 24.8 Å². The summed E-state index contributed by atoms with van der Waals surface area (Å²) in [7, 11) is 0. The number of anilines is 1. The van der Waals surface area contributed by atoms with E-state index in [0.29, 0.717) is 17.1 Å². The van der Waals surface area contributed by atoms with Crippen molar-refractivity contribution >= 4 is 17.2 Å². The second-order valence-electron chi connectivity index (χ2n) is 6.87. The molecule has 1 N–H and O–H groups in total. The lowest BCUT2D eigenvalue weighted by atomic mass is 9.87. The van der Waals surface area contributed by atoms with E-state index >= 15 is 0 Å². The van der Waals surface area contributed by atoms with E-state index in [2.05, 4.69) is 20.3 Å². The van der Waals surface area contributed by atoms with Crippen molar-refractivity contribution in [3.05, 3.63) is 78.4 Å². The largest absolute Gasteiger partial charge is 0.365 e. The lowest BCUT2D eigenvalue weighted by molar-refractivity contribution is -0.113. The Kier molecular flexibility index (Phi) is 4.18. The average molecular weight is 370 g/mol. The zero-order chi connectivity index (χ0) is 18.9. The third-order valence-corrected chi connectivity index (χ3v) is 5.13. The maximum absolute atomic E-state index is 13.0. The molecule has 1 fully saturated rings. The topological polar surface area (TPSA) is 77.0 Å². The van der Waals surface area contributed by atoms with Crippen LogP contribution in [0.3, 0.4) is 0 Å². The highest BCUT2D eigenvalue weighted by atomic mass is 16.5. The highest BCUT2D eigenvalue weighted by Gasteiger charge is 2.43. The second-order valence-corrected chi connectivity index (χ2v) is 6.87. The molecule has 2 aliphatic heterocycles. The number of aromatic nitrogens is 3. The first kappa shape index (κ1) is 16.8. The maximum Gasteiger partial charge on any atom is 0.254 e. The van der Waals surface area contributed by atoms with E-state index in [9.17, 15) is 4.79 Å². The Morgan fingerprint density at radius 1 is 0.929 bits per heavy atom. The molecule has 2 aromatic heterocycles. The molecule has 0 radical (unpaired) electrons. The van der Waals surface area contributed by atoms with Gasteiger partial charge in [-0.05, 0) is 36.1 Å².